The van der Waals surface area contributed by atoms with E-state index in [1.54, 1.807) is 39.0 Å². The van der Waals surface area contributed by atoms with Crippen LogP contribution in [0.2, 0.25) is 0 Å². The molecule has 0 aliphatic heterocycles. The number of hydrogen-bond acceptors (Lipinski definition) is 7. The second-order valence-corrected chi connectivity index (χ2v) is 11.4. The maximum Gasteiger partial charge on any atom is 0.421 e. The molecule has 0 aliphatic carbocycles. The maximum absolute atomic E-state index is 12.5. The predicted octanol–water partition coefficient (Wildman–Crippen LogP) is 5.64. The number of rotatable bonds is 11. The quantitative estimate of drug-likeness (QED) is 0.302. The van der Waals surface area contributed by atoms with Gasteiger partial charge >= 0.3 is 6.09 Å². The number of benzene rings is 1. The van der Waals surface area contributed by atoms with Gasteiger partial charge < -0.3 is 14.2 Å². The van der Waals surface area contributed by atoms with E-state index in [4.69, 9.17) is 37.4 Å². The average Bonchev–Trinajstić information content (AvgIpc) is 3.18. The van der Waals surface area contributed by atoms with Gasteiger partial charge in [-0.2, -0.15) is 0 Å². The molecule has 0 unspecified atom stereocenters. The van der Waals surface area contributed by atoms with Gasteiger partial charge in [-0.3, -0.25) is 0 Å². The summed E-state index contributed by atoms with van der Waals surface area (Å²) in [7, 11) is -4.06. The highest BCUT2D eigenvalue weighted by Crippen LogP contribution is 2.37. The first-order chi connectivity index (χ1) is 15.1. The number of ether oxygens (including phenoxy) is 3. The van der Waals surface area contributed by atoms with Crippen LogP contribution in [-0.2, 0) is 14.8 Å². The van der Waals surface area contributed by atoms with E-state index in [1.807, 2.05) is 10.8 Å². The molecule has 2 aromatic rings. The number of thiophene rings is 1. The number of halogens is 2. The summed E-state index contributed by atoms with van der Waals surface area (Å²) >= 11 is 12.5. The van der Waals surface area contributed by atoms with Gasteiger partial charge in [-0.05, 0) is 69.5 Å². The van der Waals surface area contributed by atoms with Crippen molar-refractivity contribution in [2.75, 3.05) is 25.0 Å². The van der Waals surface area contributed by atoms with Crippen LogP contribution in [0.15, 0.2) is 34.5 Å². The molecule has 0 spiro atoms. The average molecular weight is 524 g/mol. The number of carbonyl (C=O) groups excluding carboxylic acids is 1. The zero-order valence-corrected chi connectivity index (χ0v) is 21.3. The van der Waals surface area contributed by atoms with Gasteiger partial charge in [0, 0.05) is 16.6 Å². The van der Waals surface area contributed by atoms with Crippen LogP contribution in [0.25, 0.3) is 10.4 Å². The standard InChI is InChI=1S/C21H27Cl2NO6S2/c1-21(2,3)30-20(25)24-32(26,27)19-9-8-18(31-19)15-6-7-16(28-12-4-10-22)17(14-15)29-13-5-11-23/h6-9,14H,4-5,10-13H2,1-3H3,(H,24,25). The van der Waals surface area contributed by atoms with Crippen molar-refractivity contribution in [3.05, 3.63) is 30.3 Å². The normalized spacial score (nSPS) is 11.8. The Kier molecular flexibility index (Phi) is 9.94. The fourth-order valence-electron chi connectivity index (χ4n) is 2.45. The third-order valence-corrected chi connectivity index (χ3v) is 7.24. The minimum atomic E-state index is -4.06. The highest BCUT2D eigenvalue weighted by molar-refractivity contribution is 7.92. The molecule has 1 amide bonds. The molecular weight excluding hydrogens is 497 g/mol. The lowest BCUT2D eigenvalue weighted by molar-refractivity contribution is 0.0570. The fourth-order valence-corrected chi connectivity index (χ4v) is 4.84. The summed E-state index contributed by atoms with van der Waals surface area (Å²) in [5.41, 5.74) is -0.0625. The van der Waals surface area contributed by atoms with Crippen molar-refractivity contribution in [3.8, 4) is 21.9 Å². The van der Waals surface area contributed by atoms with E-state index >= 15 is 0 Å². The molecule has 0 atom stereocenters. The minimum absolute atomic E-state index is 0.00888. The minimum Gasteiger partial charge on any atom is -0.490 e. The first-order valence-electron chi connectivity index (χ1n) is 9.93. The molecule has 7 nitrogen and oxygen atoms in total. The van der Waals surface area contributed by atoms with Crippen molar-refractivity contribution in [3.63, 3.8) is 0 Å². The van der Waals surface area contributed by atoms with Gasteiger partial charge in [-0.15, -0.1) is 34.5 Å². The summed E-state index contributed by atoms with van der Waals surface area (Å²) in [5.74, 6) is 2.07. The van der Waals surface area contributed by atoms with Crippen LogP contribution in [0.4, 0.5) is 4.79 Å². The van der Waals surface area contributed by atoms with Gasteiger partial charge in [0.05, 0.1) is 13.2 Å². The Bertz CT molecular complexity index is 1000. The lowest BCUT2D eigenvalue weighted by Crippen LogP contribution is -2.36. The van der Waals surface area contributed by atoms with Gasteiger partial charge in [0.15, 0.2) is 11.5 Å². The zero-order chi connectivity index (χ0) is 23.8. The van der Waals surface area contributed by atoms with Crippen molar-refractivity contribution in [1.82, 2.24) is 4.72 Å². The molecule has 2 rings (SSSR count). The Balaban J connectivity index is 2.22. The van der Waals surface area contributed by atoms with E-state index in [0.29, 0.717) is 54.2 Å². The Morgan fingerprint density at radius 1 is 1.00 bits per heavy atom. The maximum atomic E-state index is 12.5. The van der Waals surface area contributed by atoms with Crippen LogP contribution in [0.1, 0.15) is 33.6 Å². The lowest BCUT2D eigenvalue weighted by Gasteiger charge is -2.19. The third-order valence-electron chi connectivity index (χ3n) is 3.76. The Morgan fingerprint density at radius 3 is 2.22 bits per heavy atom. The number of sulfonamides is 1. The van der Waals surface area contributed by atoms with Crippen LogP contribution in [-0.4, -0.2) is 45.1 Å². The third kappa shape index (κ3) is 8.35. The molecule has 0 aliphatic rings. The summed E-state index contributed by atoms with van der Waals surface area (Å²) in [4.78, 5) is 12.6. The molecule has 0 fully saturated rings. The Morgan fingerprint density at radius 2 is 1.62 bits per heavy atom. The molecule has 0 radical (unpaired) electrons. The molecule has 0 saturated heterocycles. The van der Waals surface area contributed by atoms with Gasteiger partial charge in [-0.1, -0.05) is 0 Å². The van der Waals surface area contributed by atoms with Crippen LogP contribution >= 0.6 is 34.5 Å². The Hall–Kier alpha value is -1.68. The molecule has 1 heterocycles. The lowest BCUT2D eigenvalue weighted by atomic mass is 10.1. The number of amides is 1. The van der Waals surface area contributed by atoms with Gasteiger partial charge in [0.25, 0.3) is 10.0 Å². The van der Waals surface area contributed by atoms with Crippen molar-refractivity contribution >= 4 is 50.7 Å². The van der Waals surface area contributed by atoms with E-state index < -0.39 is 21.7 Å². The fraction of sp³-hybridized carbons (Fsp3) is 0.476. The van der Waals surface area contributed by atoms with Gasteiger partial charge in [-0.25, -0.2) is 17.9 Å². The van der Waals surface area contributed by atoms with E-state index in [1.165, 1.54) is 6.07 Å². The Labute approximate surface area is 203 Å². The molecule has 178 valence electrons. The molecule has 0 bridgehead atoms. The van der Waals surface area contributed by atoms with Crippen molar-refractivity contribution < 1.29 is 27.4 Å². The van der Waals surface area contributed by atoms with Crippen molar-refractivity contribution in [2.45, 2.75) is 43.4 Å². The van der Waals surface area contributed by atoms with E-state index in [-0.39, 0.29) is 4.21 Å². The number of carbonyl (C=O) groups is 1. The molecule has 1 N–H and O–H groups in total. The molecular formula is C21H27Cl2NO6S2. The number of alkyl halides is 2. The van der Waals surface area contributed by atoms with Crippen LogP contribution in [0, 0.1) is 0 Å². The molecule has 11 heteroatoms. The summed E-state index contributed by atoms with van der Waals surface area (Å²) in [6, 6.07) is 8.47. The second-order valence-electron chi connectivity index (χ2n) is 7.67. The first kappa shape index (κ1) is 26.6. The van der Waals surface area contributed by atoms with Crippen molar-refractivity contribution in [2.24, 2.45) is 0 Å². The van der Waals surface area contributed by atoms with E-state index in [0.717, 1.165) is 16.9 Å². The summed E-state index contributed by atoms with van der Waals surface area (Å²) in [5, 5.41) is 0. The molecule has 1 aromatic carbocycles. The highest BCUT2D eigenvalue weighted by atomic mass is 35.5. The van der Waals surface area contributed by atoms with Crippen LogP contribution < -0.4 is 14.2 Å². The highest BCUT2D eigenvalue weighted by Gasteiger charge is 2.24. The van der Waals surface area contributed by atoms with Crippen molar-refractivity contribution in [1.29, 1.82) is 0 Å². The SMILES string of the molecule is CC(C)(C)OC(=O)NS(=O)(=O)c1ccc(-c2ccc(OCCCCl)c(OCCCCl)c2)s1. The molecule has 1 aromatic heterocycles. The molecule has 32 heavy (non-hydrogen) atoms. The van der Waals surface area contributed by atoms with Crippen LogP contribution in [0.5, 0.6) is 11.5 Å². The van der Waals surface area contributed by atoms with Gasteiger partial charge in [0.2, 0.25) is 0 Å². The summed E-state index contributed by atoms with van der Waals surface area (Å²) in [6.45, 7) is 5.82. The van der Waals surface area contributed by atoms with E-state index in [2.05, 4.69) is 0 Å². The number of hydrogen-bond donors (Lipinski definition) is 1. The smallest absolute Gasteiger partial charge is 0.421 e. The summed E-state index contributed by atoms with van der Waals surface area (Å²) in [6.07, 6.45) is 0.340. The first-order valence-corrected chi connectivity index (χ1v) is 13.3. The topological polar surface area (TPSA) is 90.9 Å². The molecule has 0 saturated carbocycles. The van der Waals surface area contributed by atoms with E-state index in [9.17, 15) is 13.2 Å². The zero-order valence-electron chi connectivity index (χ0n) is 18.2. The summed E-state index contributed by atoms with van der Waals surface area (Å²) < 4.78 is 43.6. The van der Waals surface area contributed by atoms with Gasteiger partial charge in [0.1, 0.15) is 9.81 Å². The second kappa shape index (κ2) is 12.0. The predicted molar refractivity (Wildman–Crippen MR) is 128 cm³/mol. The van der Waals surface area contributed by atoms with Crippen LogP contribution in [0.3, 0.4) is 0 Å². The largest absolute Gasteiger partial charge is 0.490 e. The number of nitrogens with one attached hydrogen (secondary N) is 1. The monoisotopic (exact) mass is 523 g/mol.